The second kappa shape index (κ2) is 3.72. The van der Waals surface area contributed by atoms with Gasteiger partial charge in [-0.15, -0.1) is 0 Å². The summed E-state index contributed by atoms with van der Waals surface area (Å²) in [5.74, 6) is -1.00. The summed E-state index contributed by atoms with van der Waals surface area (Å²) in [5.41, 5.74) is 0.162. The molecule has 0 spiro atoms. The molecule has 0 bridgehead atoms. The van der Waals surface area contributed by atoms with Crippen molar-refractivity contribution in [3.05, 3.63) is 45.9 Å². The first kappa shape index (κ1) is 10.3. The van der Waals surface area contributed by atoms with Crippen molar-refractivity contribution >= 4 is 39.9 Å². The van der Waals surface area contributed by atoms with Crippen LogP contribution in [0, 0.1) is 0 Å². The fourth-order valence-electron chi connectivity index (χ4n) is 1.42. The Hall–Kier alpha value is -1.25. The Morgan fingerprint density at radius 1 is 1.13 bits per heavy atom. The van der Waals surface area contributed by atoms with Crippen molar-refractivity contribution in [2.24, 2.45) is 0 Å². The minimum Gasteiger partial charge on any atom is -0.478 e. The highest BCUT2D eigenvalue weighted by Gasteiger charge is 2.07. The highest BCUT2D eigenvalue weighted by atomic mass is 35.5. The molecule has 0 atom stereocenters. The maximum Gasteiger partial charge on any atom is 0.335 e. The SMILES string of the molecule is O=C(O)c1cc(Cl)c2ccc(Cl)cc2c1. The third kappa shape index (κ3) is 1.91. The highest BCUT2D eigenvalue weighted by molar-refractivity contribution is 6.36. The van der Waals surface area contributed by atoms with Crippen molar-refractivity contribution in [1.82, 2.24) is 0 Å². The molecule has 0 aliphatic rings. The van der Waals surface area contributed by atoms with Crippen LogP contribution in [0.3, 0.4) is 0 Å². The molecule has 0 saturated heterocycles. The van der Waals surface area contributed by atoms with Gasteiger partial charge in [0.25, 0.3) is 0 Å². The predicted octanol–water partition coefficient (Wildman–Crippen LogP) is 3.84. The van der Waals surface area contributed by atoms with Gasteiger partial charge in [-0.3, -0.25) is 0 Å². The topological polar surface area (TPSA) is 37.3 Å². The Labute approximate surface area is 96.0 Å². The van der Waals surface area contributed by atoms with Crippen molar-refractivity contribution in [2.75, 3.05) is 0 Å². The van der Waals surface area contributed by atoms with Crippen LogP contribution in [-0.2, 0) is 0 Å². The molecule has 0 saturated carbocycles. The van der Waals surface area contributed by atoms with Crippen molar-refractivity contribution in [2.45, 2.75) is 0 Å². The maximum absolute atomic E-state index is 10.8. The highest BCUT2D eigenvalue weighted by Crippen LogP contribution is 2.27. The number of carbonyl (C=O) groups is 1. The Balaban J connectivity index is 2.79. The lowest BCUT2D eigenvalue weighted by molar-refractivity contribution is 0.0697. The van der Waals surface area contributed by atoms with Gasteiger partial charge < -0.3 is 5.11 Å². The van der Waals surface area contributed by atoms with Gasteiger partial charge in [0, 0.05) is 15.4 Å². The summed E-state index contributed by atoms with van der Waals surface area (Å²) in [7, 11) is 0. The Kier molecular flexibility index (Phi) is 2.55. The van der Waals surface area contributed by atoms with Crippen LogP contribution in [0.2, 0.25) is 10.0 Å². The van der Waals surface area contributed by atoms with Gasteiger partial charge in [-0.1, -0.05) is 29.3 Å². The van der Waals surface area contributed by atoms with Gasteiger partial charge in [0.15, 0.2) is 0 Å². The average molecular weight is 241 g/mol. The van der Waals surface area contributed by atoms with E-state index in [0.717, 1.165) is 10.8 Å². The summed E-state index contributed by atoms with van der Waals surface area (Å²) < 4.78 is 0. The summed E-state index contributed by atoms with van der Waals surface area (Å²) in [6.07, 6.45) is 0. The van der Waals surface area contributed by atoms with E-state index in [-0.39, 0.29) is 5.56 Å². The van der Waals surface area contributed by atoms with Crippen LogP contribution in [0.1, 0.15) is 10.4 Å². The second-order valence-electron chi connectivity index (χ2n) is 3.13. The van der Waals surface area contributed by atoms with E-state index in [0.29, 0.717) is 10.0 Å². The van der Waals surface area contributed by atoms with Crippen LogP contribution in [0.4, 0.5) is 0 Å². The van der Waals surface area contributed by atoms with Gasteiger partial charge in [-0.05, 0) is 29.7 Å². The average Bonchev–Trinajstić information content (AvgIpc) is 2.16. The third-order valence-electron chi connectivity index (χ3n) is 2.11. The molecule has 0 amide bonds. The van der Waals surface area contributed by atoms with Gasteiger partial charge >= 0.3 is 5.97 Å². The quantitative estimate of drug-likeness (QED) is 0.823. The Morgan fingerprint density at radius 3 is 2.53 bits per heavy atom. The molecule has 1 N–H and O–H groups in total. The molecule has 0 radical (unpaired) electrons. The number of hydrogen-bond acceptors (Lipinski definition) is 1. The van der Waals surface area contributed by atoms with Crippen LogP contribution in [0.5, 0.6) is 0 Å². The van der Waals surface area contributed by atoms with Gasteiger partial charge in [0.05, 0.1) is 5.56 Å². The number of rotatable bonds is 1. The van der Waals surface area contributed by atoms with Crippen molar-refractivity contribution in [1.29, 1.82) is 0 Å². The Bertz CT molecular complexity index is 550. The molecular formula is C11H6Cl2O2. The molecule has 2 rings (SSSR count). The normalized spacial score (nSPS) is 10.5. The van der Waals surface area contributed by atoms with E-state index in [4.69, 9.17) is 28.3 Å². The number of carboxylic acid groups (broad SMARTS) is 1. The molecule has 15 heavy (non-hydrogen) atoms. The van der Waals surface area contributed by atoms with Gasteiger partial charge in [-0.25, -0.2) is 4.79 Å². The summed E-state index contributed by atoms with van der Waals surface area (Å²) in [6.45, 7) is 0. The van der Waals surface area contributed by atoms with E-state index in [1.165, 1.54) is 6.07 Å². The van der Waals surface area contributed by atoms with Crippen molar-refractivity contribution < 1.29 is 9.90 Å². The lowest BCUT2D eigenvalue weighted by atomic mass is 10.1. The summed E-state index contributed by atoms with van der Waals surface area (Å²) >= 11 is 11.8. The monoisotopic (exact) mass is 240 g/mol. The molecular weight excluding hydrogens is 235 g/mol. The molecule has 0 fully saturated rings. The van der Waals surface area contributed by atoms with E-state index in [1.807, 2.05) is 0 Å². The number of hydrogen-bond donors (Lipinski definition) is 1. The van der Waals surface area contributed by atoms with E-state index < -0.39 is 5.97 Å². The van der Waals surface area contributed by atoms with Crippen molar-refractivity contribution in [3.8, 4) is 0 Å². The molecule has 0 aliphatic heterocycles. The summed E-state index contributed by atoms with van der Waals surface area (Å²) in [5, 5.41) is 11.3. The van der Waals surface area contributed by atoms with Gasteiger partial charge in [0.1, 0.15) is 0 Å². The van der Waals surface area contributed by atoms with Crippen LogP contribution in [0.15, 0.2) is 30.3 Å². The molecule has 0 aromatic heterocycles. The van der Waals surface area contributed by atoms with E-state index in [2.05, 4.69) is 0 Å². The molecule has 4 heteroatoms. The first-order chi connectivity index (χ1) is 7.08. The van der Waals surface area contributed by atoms with Crippen LogP contribution >= 0.6 is 23.2 Å². The largest absolute Gasteiger partial charge is 0.478 e. The maximum atomic E-state index is 10.8. The first-order valence-corrected chi connectivity index (χ1v) is 4.95. The lowest BCUT2D eigenvalue weighted by Gasteiger charge is -2.03. The molecule has 0 heterocycles. The van der Waals surface area contributed by atoms with Crippen molar-refractivity contribution in [3.63, 3.8) is 0 Å². The van der Waals surface area contributed by atoms with Crippen LogP contribution in [0.25, 0.3) is 10.8 Å². The molecule has 76 valence electrons. The Morgan fingerprint density at radius 2 is 1.87 bits per heavy atom. The minimum absolute atomic E-state index is 0.162. The van der Waals surface area contributed by atoms with E-state index in [9.17, 15) is 4.79 Å². The number of aromatic carboxylic acids is 1. The first-order valence-electron chi connectivity index (χ1n) is 4.20. The van der Waals surface area contributed by atoms with E-state index in [1.54, 1.807) is 24.3 Å². The molecule has 0 aliphatic carbocycles. The number of halogens is 2. The smallest absolute Gasteiger partial charge is 0.335 e. The lowest BCUT2D eigenvalue weighted by Crippen LogP contribution is -1.95. The molecule has 0 unspecified atom stereocenters. The van der Waals surface area contributed by atoms with Crippen LogP contribution in [-0.4, -0.2) is 11.1 Å². The minimum atomic E-state index is -1.00. The number of carboxylic acids is 1. The van der Waals surface area contributed by atoms with Crippen LogP contribution < -0.4 is 0 Å². The fraction of sp³-hybridized carbons (Fsp3) is 0. The number of fused-ring (bicyclic) bond motifs is 1. The molecule has 2 nitrogen and oxygen atoms in total. The standard InChI is InChI=1S/C11H6Cl2O2/c12-8-1-2-9-6(4-8)3-7(11(14)15)5-10(9)13/h1-5H,(H,14,15). The zero-order chi connectivity index (χ0) is 11.0. The second-order valence-corrected chi connectivity index (χ2v) is 3.97. The molecule has 2 aromatic carbocycles. The summed E-state index contributed by atoms with van der Waals surface area (Å²) in [4.78, 5) is 10.8. The predicted molar refractivity (Wildman–Crippen MR) is 60.9 cm³/mol. The fourth-order valence-corrected chi connectivity index (χ4v) is 1.89. The van der Waals surface area contributed by atoms with Gasteiger partial charge in [-0.2, -0.15) is 0 Å². The molecule has 2 aromatic rings. The third-order valence-corrected chi connectivity index (χ3v) is 2.66. The van der Waals surface area contributed by atoms with E-state index >= 15 is 0 Å². The zero-order valence-corrected chi connectivity index (χ0v) is 9.01. The number of benzene rings is 2. The zero-order valence-electron chi connectivity index (χ0n) is 7.50. The van der Waals surface area contributed by atoms with Gasteiger partial charge in [0.2, 0.25) is 0 Å². The summed E-state index contributed by atoms with van der Waals surface area (Å²) in [6, 6.07) is 8.16.